The number of nitrogens with one attached hydrogen (secondary N) is 3. The van der Waals surface area contributed by atoms with Crippen LogP contribution in [0.4, 0.5) is 11.4 Å². The molecule has 0 heterocycles. The Labute approximate surface area is 197 Å². The van der Waals surface area contributed by atoms with Crippen LogP contribution in [-0.4, -0.2) is 48.6 Å². The first kappa shape index (κ1) is 26.7. The molecule has 0 aliphatic rings. The van der Waals surface area contributed by atoms with E-state index >= 15 is 0 Å². The van der Waals surface area contributed by atoms with Gasteiger partial charge < -0.3 is 14.8 Å². The number of rotatable bonds is 14. The lowest BCUT2D eigenvalue weighted by atomic mass is 10.0. The van der Waals surface area contributed by atoms with Gasteiger partial charge in [-0.05, 0) is 38.5 Å². The molecule has 2 rings (SSSR count). The van der Waals surface area contributed by atoms with Gasteiger partial charge in [0.05, 0.1) is 37.0 Å². The molecular weight excluding hydrogens is 466 g/mol. The number of sulfonamides is 2. The van der Waals surface area contributed by atoms with Crippen molar-refractivity contribution in [3.63, 3.8) is 0 Å². The molecule has 0 aromatic heterocycles. The zero-order chi connectivity index (χ0) is 24.5. The number of hydrogen-bond donors (Lipinski definition) is 3. The Morgan fingerprint density at radius 1 is 0.909 bits per heavy atom. The monoisotopic (exact) mass is 499 g/mol. The average Bonchev–Trinajstić information content (AvgIpc) is 2.73. The molecule has 2 aromatic rings. The van der Waals surface area contributed by atoms with Crippen molar-refractivity contribution in [1.82, 2.24) is 4.72 Å². The zero-order valence-electron chi connectivity index (χ0n) is 19.4. The summed E-state index contributed by atoms with van der Waals surface area (Å²) in [7, 11) is -7.12. The predicted molar refractivity (Wildman–Crippen MR) is 132 cm³/mol. The number of anilines is 2. The Morgan fingerprint density at radius 2 is 1.52 bits per heavy atom. The predicted octanol–water partition coefficient (Wildman–Crippen LogP) is 3.34. The maximum atomic E-state index is 12.3. The minimum absolute atomic E-state index is 0.00475. The average molecular weight is 500 g/mol. The second kappa shape index (κ2) is 12.1. The summed E-state index contributed by atoms with van der Waals surface area (Å²) in [5, 5.41) is 3.30. The quantitative estimate of drug-likeness (QED) is 0.364. The molecule has 9 nitrogen and oxygen atoms in total. The van der Waals surface area contributed by atoms with E-state index in [1.807, 2.05) is 44.2 Å². The zero-order valence-corrected chi connectivity index (χ0v) is 21.1. The molecule has 0 fully saturated rings. The van der Waals surface area contributed by atoms with Gasteiger partial charge in [-0.3, -0.25) is 4.72 Å². The Kier molecular flexibility index (Phi) is 9.81. The fraction of sp³-hybridized carbons (Fsp3) is 0.455. The van der Waals surface area contributed by atoms with E-state index in [-0.39, 0.29) is 18.0 Å². The molecule has 33 heavy (non-hydrogen) atoms. The number of ether oxygens (including phenoxy) is 2. The summed E-state index contributed by atoms with van der Waals surface area (Å²) < 4.78 is 65.4. The van der Waals surface area contributed by atoms with Gasteiger partial charge >= 0.3 is 0 Å². The van der Waals surface area contributed by atoms with E-state index in [0.717, 1.165) is 11.9 Å². The van der Waals surface area contributed by atoms with E-state index in [1.165, 1.54) is 0 Å². The largest absolute Gasteiger partial charge is 0.490 e. The standard InChI is InChI=1S/C22H33N3O6S2/c1-5-13-33(28,29)23-16-20(24-17-11-9-8-10-12-17)18-14-21(30-6-2)22(31-7-3)15-19(18)25-32(4,26)27/h8-12,14-15,20,23-25H,5-7,13,16H2,1-4H3. The van der Waals surface area contributed by atoms with Crippen LogP contribution in [0.3, 0.4) is 0 Å². The first-order chi connectivity index (χ1) is 15.6. The van der Waals surface area contributed by atoms with Crippen molar-refractivity contribution in [3.05, 3.63) is 48.0 Å². The summed E-state index contributed by atoms with van der Waals surface area (Å²) in [4.78, 5) is 0. The van der Waals surface area contributed by atoms with Crippen LogP contribution in [0.25, 0.3) is 0 Å². The van der Waals surface area contributed by atoms with Crippen molar-refractivity contribution in [3.8, 4) is 11.5 Å². The SMILES string of the molecule is CCCS(=O)(=O)NCC(Nc1ccccc1)c1cc(OCC)c(OCC)cc1NS(C)(=O)=O. The second-order valence-corrected chi connectivity index (χ2v) is 11.0. The topological polar surface area (TPSA) is 123 Å². The fourth-order valence-corrected chi connectivity index (χ4v) is 4.89. The van der Waals surface area contributed by atoms with E-state index in [4.69, 9.17) is 9.47 Å². The van der Waals surface area contributed by atoms with Crippen molar-refractivity contribution in [2.24, 2.45) is 0 Å². The van der Waals surface area contributed by atoms with Crippen molar-refractivity contribution < 1.29 is 26.3 Å². The van der Waals surface area contributed by atoms with E-state index in [0.29, 0.717) is 36.7 Å². The van der Waals surface area contributed by atoms with Gasteiger partial charge in [0.2, 0.25) is 20.0 Å². The fourth-order valence-electron chi connectivity index (χ4n) is 3.21. The molecule has 1 unspecified atom stereocenters. The van der Waals surface area contributed by atoms with Gasteiger partial charge in [-0.15, -0.1) is 0 Å². The minimum atomic E-state index is -3.63. The lowest BCUT2D eigenvalue weighted by Gasteiger charge is -2.25. The van der Waals surface area contributed by atoms with Crippen LogP contribution in [0.1, 0.15) is 38.8 Å². The molecule has 0 amide bonds. The van der Waals surface area contributed by atoms with Gasteiger partial charge in [-0.1, -0.05) is 25.1 Å². The van der Waals surface area contributed by atoms with Crippen LogP contribution < -0.4 is 24.2 Å². The smallest absolute Gasteiger partial charge is 0.229 e. The summed E-state index contributed by atoms with van der Waals surface area (Å²) in [6.07, 6.45) is 1.53. The maximum Gasteiger partial charge on any atom is 0.229 e. The normalized spacial score (nSPS) is 12.7. The third-order valence-electron chi connectivity index (χ3n) is 4.48. The third kappa shape index (κ3) is 8.75. The van der Waals surface area contributed by atoms with Crippen LogP contribution in [0, 0.1) is 0 Å². The molecule has 0 saturated heterocycles. The van der Waals surface area contributed by atoms with Crippen molar-refractivity contribution in [1.29, 1.82) is 0 Å². The molecule has 1 atom stereocenters. The molecule has 184 valence electrons. The number of hydrogen-bond acceptors (Lipinski definition) is 7. The van der Waals surface area contributed by atoms with E-state index in [1.54, 1.807) is 19.1 Å². The number of para-hydroxylation sites is 1. The molecule has 0 radical (unpaired) electrons. The molecule has 0 aliphatic heterocycles. The Hall–Kier alpha value is -2.50. The highest BCUT2D eigenvalue weighted by atomic mass is 32.2. The Morgan fingerprint density at radius 3 is 2.06 bits per heavy atom. The summed E-state index contributed by atoms with van der Waals surface area (Å²) in [5.74, 6) is 0.816. The van der Waals surface area contributed by atoms with Crippen LogP contribution in [0.15, 0.2) is 42.5 Å². The molecule has 2 aromatic carbocycles. The summed E-state index contributed by atoms with van der Waals surface area (Å²) in [6.45, 7) is 6.16. The van der Waals surface area contributed by atoms with Gasteiger partial charge in [0.25, 0.3) is 0 Å². The first-order valence-corrected chi connectivity index (χ1v) is 14.3. The van der Waals surface area contributed by atoms with Crippen LogP contribution in [0.5, 0.6) is 11.5 Å². The lowest BCUT2D eigenvalue weighted by molar-refractivity contribution is 0.287. The third-order valence-corrected chi connectivity index (χ3v) is 6.62. The molecule has 0 bridgehead atoms. The summed E-state index contributed by atoms with van der Waals surface area (Å²) >= 11 is 0. The van der Waals surface area contributed by atoms with Crippen LogP contribution in [0.2, 0.25) is 0 Å². The van der Waals surface area contributed by atoms with E-state index in [2.05, 4.69) is 14.8 Å². The highest BCUT2D eigenvalue weighted by Gasteiger charge is 2.23. The molecule has 0 spiro atoms. The minimum Gasteiger partial charge on any atom is -0.490 e. The number of benzene rings is 2. The van der Waals surface area contributed by atoms with Gasteiger partial charge in [0.15, 0.2) is 11.5 Å². The molecular formula is C22H33N3O6S2. The van der Waals surface area contributed by atoms with E-state index in [9.17, 15) is 16.8 Å². The van der Waals surface area contributed by atoms with E-state index < -0.39 is 26.1 Å². The maximum absolute atomic E-state index is 12.3. The summed E-state index contributed by atoms with van der Waals surface area (Å²) in [6, 6.07) is 11.9. The van der Waals surface area contributed by atoms with Gasteiger partial charge in [-0.25, -0.2) is 21.6 Å². The Balaban J connectivity index is 2.59. The molecule has 0 saturated carbocycles. The van der Waals surface area contributed by atoms with Crippen molar-refractivity contribution >= 4 is 31.4 Å². The summed E-state index contributed by atoms with van der Waals surface area (Å²) in [5.41, 5.74) is 1.53. The van der Waals surface area contributed by atoms with Gasteiger partial charge in [0, 0.05) is 23.9 Å². The van der Waals surface area contributed by atoms with Crippen molar-refractivity contribution in [2.45, 2.75) is 33.2 Å². The molecule has 11 heteroatoms. The van der Waals surface area contributed by atoms with Gasteiger partial charge in [0.1, 0.15) is 0 Å². The first-order valence-electron chi connectivity index (χ1n) is 10.8. The second-order valence-electron chi connectivity index (χ2n) is 7.36. The molecule has 0 aliphatic carbocycles. The molecule has 3 N–H and O–H groups in total. The van der Waals surface area contributed by atoms with Gasteiger partial charge in [-0.2, -0.15) is 0 Å². The van der Waals surface area contributed by atoms with Crippen LogP contribution in [-0.2, 0) is 20.0 Å². The lowest BCUT2D eigenvalue weighted by Crippen LogP contribution is -2.33. The van der Waals surface area contributed by atoms with Crippen molar-refractivity contribution in [2.75, 3.05) is 41.8 Å². The highest BCUT2D eigenvalue weighted by molar-refractivity contribution is 7.92. The Bertz CT molecular complexity index is 1110. The van der Waals surface area contributed by atoms with Crippen LogP contribution >= 0.6 is 0 Å². The highest BCUT2D eigenvalue weighted by Crippen LogP contribution is 2.38.